The summed E-state index contributed by atoms with van der Waals surface area (Å²) in [5, 5.41) is 2.45. The third-order valence-corrected chi connectivity index (χ3v) is 2.93. The van der Waals surface area contributed by atoms with Gasteiger partial charge in [0.15, 0.2) is 17.5 Å². The summed E-state index contributed by atoms with van der Waals surface area (Å²) in [6.07, 6.45) is 0. The van der Waals surface area contributed by atoms with Crippen LogP contribution >= 0.6 is 0 Å². The average molecular weight is 289 g/mol. The van der Waals surface area contributed by atoms with Crippen molar-refractivity contribution in [2.75, 3.05) is 31.6 Å². The third kappa shape index (κ3) is 3.19. The lowest BCUT2D eigenvalue weighted by molar-refractivity contribution is -0.135. The lowest BCUT2D eigenvalue weighted by Gasteiger charge is -2.29. The predicted molar refractivity (Wildman–Crippen MR) is 64.6 cm³/mol. The van der Waals surface area contributed by atoms with Crippen molar-refractivity contribution in [1.29, 1.82) is 0 Å². The van der Waals surface area contributed by atoms with Crippen LogP contribution in [0.15, 0.2) is 6.07 Å². The van der Waals surface area contributed by atoms with E-state index in [1.54, 1.807) is 4.90 Å². The molecule has 1 amide bonds. The van der Waals surface area contributed by atoms with Gasteiger partial charge < -0.3 is 15.0 Å². The van der Waals surface area contributed by atoms with Crippen molar-refractivity contribution < 1.29 is 22.7 Å². The number of amides is 1. The van der Waals surface area contributed by atoms with Crippen LogP contribution < -0.4 is 5.32 Å². The second-order valence-electron chi connectivity index (χ2n) is 4.40. The molecule has 8 heteroatoms. The van der Waals surface area contributed by atoms with E-state index in [0.717, 1.165) is 0 Å². The highest BCUT2D eigenvalue weighted by atomic mass is 19.2. The van der Waals surface area contributed by atoms with Gasteiger partial charge in [0.25, 0.3) is 5.95 Å². The molecule has 0 radical (unpaired) electrons. The van der Waals surface area contributed by atoms with E-state index in [0.29, 0.717) is 32.4 Å². The fourth-order valence-corrected chi connectivity index (χ4v) is 1.87. The first-order valence-corrected chi connectivity index (χ1v) is 6.13. The van der Waals surface area contributed by atoms with Crippen LogP contribution in [-0.4, -0.2) is 48.1 Å². The highest BCUT2D eigenvalue weighted by Crippen LogP contribution is 2.15. The zero-order valence-electron chi connectivity index (χ0n) is 10.8. The van der Waals surface area contributed by atoms with E-state index < -0.39 is 29.4 Å². The summed E-state index contributed by atoms with van der Waals surface area (Å²) >= 11 is 0. The summed E-state index contributed by atoms with van der Waals surface area (Å²) in [5.41, 5.74) is 0. The smallest absolute Gasteiger partial charge is 0.251 e. The third-order valence-electron chi connectivity index (χ3n) is 2.93. The number of ether oxygens (including phenoxy) is 1. The predicted octanol–water partition coefficient (Wildman–Crippen LogP) is 1.16. The number of nitrogens with zero attached hydrogens (tertiary/aromatic N) is 2. The Bertz CT molecular complexity index is 507. The molecule has 2 rings (SSSR count). The number of nitrogens with one attached hydrogen (secondary N) is 1. The Morgan fingerprint density at radius 2 is 2.00 bits per heavy atom. The standard InChI is InChI=1S/C12H14F3N3O2/c1-7(12(19)18-2-4-20-5-3-18)16-11-9(14)6-8(13)10(15)17-11/h6-7H,2-5H2,1H3,(H,16,17). The lowest BCUT2D eigenvalue weighted by atomic mass is 10.2. The molecule has 5 nitrogen and oxygen atoms in total. The first-order chi connectivity index (χ1) is 9.49. The number of anilines is 1. The van der Waals surface area contributed by atoms with Gasteiger partial charge in [0, 0.05) is 19.2 Å². The molecule has 1 aliphatic rings. The maximum atomic E-state index is 13.4. The van der Waals surface area contributed by atoms with Gasteiger partial charge in [-0.2, -0.15) is 9.37 Å². The van der Waals surface area contributed by atoms with E-state index in [9.17, 15) is 18.0 Å². The van der Waals surface area contributed by atoms with Crippen molar-refractivity contribution in [3.05, 3.63) is 23.6 Å². The van der Waals surface area contributed by atoms with Gasteiger partial charge in [-0.3, -0.25) is 4.79 Å². The number of hydrogen-bond acceptors (Lipinski definition) is 4. The first-order valence-electron chi connectivity index (χ1n) is 6.13. The molecule has 1 unspecified atom stereocenters. The van der Waals surface area contributed by atoms with Gasteiger partial charge in [0.2, 0.25) is 5.91 Å². The van der Waals surface area contributed by atoms with Crippen molar-refractivity contribution in [3.63, 3.8) is 0 Å². The quantitative estimate of drug-likeness (QED) is 0.848. The van der Waals surface area contributed by atoms with Gasteiger partial charge in [0.05, 0.1) is 13.2 Å². The Kier molecular flexibility index (Phi) is 4.43. The molecule has 1 aliphatic heterocycles. The summed E-state index contributed by atoms with van der Waals surface area (Å²) < 4.78 is 44.3. The van der Waals surface area contributed by atoms with Crippen molar-refractivity contribution in [2.24, 2.45) is 0 Å². The largest absolute Gasteiger partial charge is 0.378 e. The number of carbonyl (C=O) groups is 1. The second kappa shape index (κ2) is 6.08. The zero-order valence-corrected chi connectivity index (χ0v) is 10.8. The summed E-state index contributed by atoms with van der Waals surface area (Å²) in [7, 11) is 0. The molecule has 1 atom stereocenters. The lowest BCUT2D eigenvalue weighted by Crippen LogP contribution is -2.47. The Morgan fingerprint density at radius 3 is 2.65 bits per heavy atom. The topological polar surface area (TPSA) is 54.5 Å². The van der Waals surface area contributed by atoms with E-state index in [1.165, 1.54) is 6.92 Å². The maximum Gasteiger partial charge on any atom is 0.251 e. The van der Waals surface area contributed by atoms with Crippen LogP contribution in [0.25, 0.3) is 0 Å². The monoisotopic (exact) mass is 289 g/mol. The Hall–Kier alpha value is -1.83. The number of hydrogen-bond donors (Lipinski definition) is 1. The van der Waals surface area contributed by atoms with E-state index in [2.05, 4.69) is 10.3 Å². The highest BCUT2D eigenvalue weighted by Gasteiger charge is 2.24. The summed E-state index contributed by atoms with van der Waals surface area (Å²) in [6.45, 7) is 3.27. The minimum atomic E-state index is -1.42. The summed E-state index contributed by atoms with van der Waals surface area (Å²) in [4.78, 5) is 16.7. The number of halogens is 3. The fourth-order valence-electron chi connectivity index (χ4n) is 1.87. The van der Waals surface area contributed by atoms with E-state index in [1.807, 2.05) is 0 Å². The number of carbonyl (C=O) groups excluding carboxylic acids is 1. The van der Waals surface area contributed by atoms with Crippen molar-refractivity contribution in [2.45, 2.75) is 13.0 Å². The summed E-state index contributed by atoms with van der Waals surface area (Å²) in [6, 6.07) is -0.420. The zero-order chi connectivity index (χ0) is 14.7. The molecule has 1 saturated heterocycles. The first kappa shape index (κ1) is 14.6. The molecule has 110 valence electrons. The van der Waals surface area contributed by atoms with Gasteiger partial charge in [-0.15, -0.1) is 0 Å². The average Bonchev–Trinajstić information content (AvgIpc) is 2.44. The van der Waals surface area contributed by atoms with Gasteiger partial charge in [0.1, 0.15) is 6.04 Å². The van der Waals surface area contributed by atoms with Crippen LogP contribution in [0.2, 0.25) is 0 Å². The van der Waals surface area contributed by atoms with Crippen molar-refractivity contribution in [1.82, 2.24) is 9.88 Å². The SMILES string of the molecule is CC(Nc1nc(F)c(F)cc1F)C(=O)N1CCOCC1. The Labute approximate surface area is 113 Å². The minimum absolute atomic E-state index is 0.278. The molecule has 0 aliphatic carbocycles. The van der Waals surface area contributed by atoms with Gasteiger partial charge in [-0.25, -0.2) is 8.78 Å². The molecule has 1 N–H and O–H groups in total. The van der Waals surface area contributed by atoms with E-state index >= 15 is 0 Å². The molecule has 2 heterocycles. The van der Waals surface area contributed by atoms with E-state index in [4.69, 9.17) is 4.74 Å². The van der Waals surface area contributed by atoms with Crippen molar-refractivity contribution >= 4 is 11.7 Å². The Balaban J connectivity index is 2.05. The second-order valence-corrected chi connectivity index (χ2v) is 4.40. The van der Waals surface area contributed by atoms with Crippen molar-refractivity contribution in [3.8, 4) is 0 Å². The van der Waals surface area contributed by atoms with Crippen LogP contribution in [0.5, 0.6) is 0 Å². The molecule has 1 fully saturated rings. The molecule has 0 aromatic carbocycles. The molecule has 0 saturated carbocycles. The maximum absolute atomic E-state index is 13.4. The molecule has 0 bridgehead atoms. The minimum Gasteiger partial charge on any atom is -0.378 e. The van der Waals surface area contributed by atoms with Crippen LogP contribution in [0.4, 0.5) is 19.0 Å². The molecule has 1 aromatic heterocycles. The van der Waals surface area contributed by atoms with Gasteiger partial charge >= 0.3 is 0 Å². The number of rotatable bonds is 3. The number of aromatic nitrogens is 1. The van der Waals surface area contributed by atoms with Crippen LogP contribution in [0.3, 0.4) is 0 Å². The fraction of sp³-hybridized carbons (Fsp3) is 0.500. The molecular weight excluding hydrogens is 275 g/mol. The van der Waals surface area contributed by atoms with Crippen LogP contribution in [-0.2, 0) is 9.53 Å². The molecular formula is C12H14F3N3O2. The van der Waals surface area contributed by atoms with Gasteiger partial charge in [-0.1, -0.05) is 0 Å². The van der Waals surface area contributed by atoms with E-state index in [-0.39, 0.29) is 5.91 Å². The highest BCUT2D eigenvalue weighted by molar-refractivity contribution is 5.84. The Morgan fingerprint density at radius 1 is 1.35 bits per heavy atom. The number of pyridine rings is 1. The normalized spacial score (nSPS) is 16.9. The van der Waals surface area contributed by atoms with Crippen LogP contribution in [0.1, 0.15) is 6.92 Å². The molecule has 20 heavy (non-hydrogen) atoms. The van der Waals surface area contributed by atoms with Crippen LogP contribution in [0, 0.1) is 17.6 Å². The molecule has 0 spiro atoms. The summed E-state index contributed by atoms with van der Waals surface area (Å²) in [5.74, 6) is -4.61. The van der Waals surface area contributed by atoms with Gasteiger partial charge in [-0.05, 0) is 6.92 Å². The molecule has 1 aromatic rings. The number of morpholine rings is 1.